The van der Waals surface area contributed by atoms with Crippen molar-refractivity contribution in [3.63, 3.8) is 0 Å². The summed E-state index contributed by atoms with van der Waals surface area (Å²) in [5.41, 5.74) is 2.34. The van der Waals surface area contributed by atoms with Crippen LogP contribution in [0.5, 0.6) is 11.5 Å². The van der Waals surface area contributed by atoms with E-state index in [1.807, 2.05) is 0 Å². The van der Waals surface area contributed by atoms with E-state index in [1.54, 1.807) is 7.11 Å². The second-order valence-electron chi connectivity index (χ2n) is 4.79. The van der Waals surface area contributed by atoms with Crippen LogP contribution >= 0.6 is 0 Å². The van der Waals surface area contributed by atoms with Gasteiger partial charge in [-0.05, 0) is 13.0 Å². The fraction of sp³-hybridized carbons (Fsp3) is 0.571. The maximum absolute atomic E-state index is 5.85. The summed E-state index contributed by atoms with van der Waals surface area (Å²) in [4.78, 5) is 0. The highest BCUT2D eigenvalue weighted by molar-refractivity contribution is 5.54. The summed E-state index contributed by atoms with van der Waals surface area (Å²) < 4.78 is 16.8. The fourth-order valence-electron chi connectivity index (χ4n) is 2.72. The third-order valence-corrected chi connectivity index (χ3v) is 3.60. The minimum atomic E-state index is 0.539. The van der Waals surface area contributed by atoms with Gasteiger partial charge >= 0.3 is 0 Å². The van der Waals surface area contributed by atoms with Gasteiger partial charge in [0.05, 0.1) is 6.61 Å². The van der Waals surface area contributed by atoms with Crippen LogP contribution in [0.2, 0.25) is 0 Å². The molecule has 2 aliphatic heterocycles. The fourth-order valence-corrected chi connectivity index (χ4v) is 2.72. The van der Waals surface area contributed by atoms with Gasteiger partial charge in [0.15, 0.2) is 11.5 Å². The molecular formula is C14H19NO3. The molecule has 4 nitrogen and oxygen atoms in total. The van der Waals surface area contributed by atoms with Crippen LogP contribution in [0.3, 0.4) is 0 Å². The van der Waals surface area contributed by atoms with Crippen LogP contribution in [-0.4, -0.2) is 33.4 Å². The number of fused-ring (bicyclic) bond motifs is 1. The second-order valence-corrected chi connectivity index (χ2v) is 4.79. The van der Waals surface area contributed by atoms with E-state index in [9.17, 15) is 0 Å². The zero-order valence-corrected chi connectivity index (χ0v) is 10.7. The van der Waals surface area contributed by atoms with Gasteiger partial charge in [0.25, 0.3) is 0 Å². The van der Waals surface area contributed by atoms with E-state index in [0.717, 1.165) is 30.2 Å². The molecule has 0 aromatic heterocycles. The third-order valence-electron chi connectivity index (χ3n) is 3.60. The number of benzene rings is 1. The smallest absolute Gasteiger partial charge is 0.167 e. The molecular weight excluding hydrogens is 230 g/mol. The Morgan fingerprint density at radius 2 is 2.11 bits per heavy atom. The Bertz CT molecular complexity index is 427. The molecule has 18 heavy (non-hydrogen) atoms. The normalized spacial score (nSPS) is 22.2. The highest BCUT2D eigenvalue weighted by Crippen LogP contribution is 2.42. The lowest BCUT2D eigenvalue weighted by molar-refractivity contribution is 0.151. The van der Waals surface area contributed by atoms with Crippen molar-refractivity contribution in [1.29, 1.82) is 0 Å². The Labute approximate surface area is 107 Å². The Morgan fingerprint density at radius 3 is 2.83 bits per heavy atom. The number of methoxy groups -OCH3 is 1. The van der Waals surface area contributed by atoms with E-state index in [2.05, 4.69) is 17.4 Å². The quantitative estimate of drug-likeness (QED) is 0.884. The first-order chi connectivity index (χ1) is 8.90. The summed E-state index contributed by atoms with van der Waals surface area (Å²) in [5, 5.41) is 3.40. The highest BCUT2D eigenvalue weighted by Gasteiger charge is 2.26. The van der Waals surface area contributed by atoms with Crippen molar-refractivity contribution < 1.29 is 14.2 Å². The van der Waals surface area contributed by atoms with Crippen LogP contribution in [0.15, 0.2) is 12.1 Å². The summed E-state index contributed by atoms with van der Waals surface area (Å²) >= 11 is 0. The Kier molecular flexibility index (Phi) is 3.39. The van der Waals surface area contributed by atoms with Crippen LogP contribution in [0.25, 0.3) is 0 Å². The molecule has 4 heteroatoms. The molecule has 1 atom stereocenters. The Hall–Kier alpha value is -1.26. The van der Waals surface area contributed by atoms with Crippen LogP contribution < -0.4 is 14.8 Å². The van der Waals surface area contributed by atoms with Crippen molar-refractivity contribution in [3.8, 4) is 11.5 Å². The highest BCUT2D eigenvalue weighted by atomic mass is 16.6. The van der Waals surface area contributed by atoms with Crippen LogP contribution in [-0.2, 0) is 11.3 Å². The van der Waals surface area contributed by atoms with Gasteiger partial charge in [0, 0.05) is 30.7 Å². The Balaban J connectivity index is 1.99. The molecule has 1 aromatic carbocycles. The minimum Gasteiger partial charge on any atom is -0.486 e. The maximum Gasteiger partial charge on any atom is 0.167 e. The molecule has 1 fully saturated rings. The van der Waals surface area contributed by atoms with Gasteiger partial charge in [0.2, 0.25) is 0 Å². The molecule has 1 saturated heterocycles. The van der Waals surface area contributed by atoms with Crippen molar-refractivity contribution >= 4 is 0 Å². The monoisotopic (exact) mass is 249 g/mol. The van der Waals surface area contributed by atoms with E-state index in [0.29, 0.717) is 25.7 Å². The van der Waals surface area contributed by atoms with Crippen molar-refractivity contribution in [1.82, 2.24) is 5.32 Å². The first kappa shape index (κ1) is 11.8. The lowest BCUT2D eigenvalue weighted by Gasteiger charge is -2.25. The molecule has 2 heterocycles. The molecule has 2 aliphatic rings. The standard InChI is InChI=1S/C14H19NO3/c1-16-9-11-2-3-12(10-4-5-15-8-10)14-13(11)17-6-7-18-14/h2-3,10,15H,4-9H2,1H3. The number of ether oxygens (including phenoxy) is 3. The summed E-state index contributed by atoms with van der Waals surface area (Å²) in [6.07, 6.45) is 1.17. The van der Waals surface area contributed by atoms with Crippen molar-refractivity contribution in [3.05, 3.63) is 23.3 Å². The van der Waals surface area contributed by atoms with Gasteiger partial charge in [-0.15, -0.1) is 0 Å². The predicted molar refractivity (Wildman–Crippen MR) is 68.4 cm³/mol. The molecule has 0 radical (unpaired) electrons. The molecule has 0 aliphatic carbocycles. The van der Waals surface area contributed by atoms with Crippen molar-refractivity contribution in [2.75, 3.05) is 33.4 Å². The lowest BCUT2D eigenvalue weighted by atomic mass is 9.95. The van der Waals surface area contributed by atoms with Crippen molar-refractivity contribution in [2.45, 2.75) is 18.9 Å². The SMILES string of the molecule is COCc1ccc(C2CCNC2)c2c1OCCO2. The number of rotatable bonds is 3. The first-order valence-electron chi connectivity index (χ1n) is 6.51. The molecule has 0 bridgehead atoms. The van der Waals surface area contributed by atoms with Crippen molar-refractivity contribution in [2.24, 2.45) is 0 Å². The van der Waals surface area contributed by atoms with Crippen LogP contribution in [0.1, 0.15) is 23.5 Å². The van der Waals surface area contributed by atoms with Gasteiger partial charge < -0.3 is 19.5 Å². The maximum atomic E-state index is 5.85. The zero-order valence-electron chi connectivity index (χ0n) is 10.7. The summed E-state index contributed by atoms with van der Waals surface area (Å²) in [6, 6.07) is 4.27. The minimum absolute atomic E-state index is 0.539. The number of hydrogen-bond donors (Lipinski definition) is 1. The third kappa shape index (κ3) is 2.06. The summed E-state index contributed by atoms with van der Waals surface area (Å²) in [5.74, 6) is 2.36. The average Bonchev–Trinajstić information content (AvgIpc) is 2.93. The van der Waals surface area contributed by atoms with E-state index >= 15 is 0 Å². The zero-order chi connectivity index (χ0) is 12.4. The molecule has 0 amide bonds. The van der Waals surface area contributed by atoms with E-state index in [-0.39, 0.29) is 0 Å². The molecule has 1 aromatic rings. The number of hydrogen-bond acceptors (Lipinski definition) is 4. The van der Waals surface area contributed by atoms with Gasteiger partial charge in [-0.2, -0.15) is 0 Å². The van der Waals surface area contributed by atoms with Crippen LogP contribution in [0.4, 0.5) is 0 Å². The van der Waals surface area contributed by atoms with Crippen LogP contribution in [0, 0.1) is 0 Å². The van der Waals surface area contributed by atoms with E-state index < -0.39 is 0 Å². The first-order valence-corrected chi connectivity index (χ1v) is 6.51. The van der Waals surface area contributed by atoms with Gasteiger partial charge in [0.1, 0.15) is 13.2 Å². The predicted octanol–water partition coefficient (Wildman–Crippen LogP) is 1.68. The summed E-state index contributed by atoms with van der Waals surface area (Å²) in [6.45, 7) is 3.93. The molecule has 0 spiro atoms. The molecule has 3 rings (SSSR count). The topological polar surface area (TPSA) is 39.7 Å². The van der Waals surface area contributed by atoms with Gasteiger partial charge in [-0.1, -0.05) is 12.1 Å². The van der Waals surface area contributed by atoms with Gasteiger partial charge in [-0.3, -0.25) is 0 Å². The largest absolute Gasteiger partial charge is 0.486 e. The molecule has 98 valence electrons. The second kappa shape index (κ2) is 5.16. The molecule has 1 N–H and O–H groups in total. The molecule has 0 saturated carbocycles. The van der Waals surface area contributed by atoms with Gasteiger partial charge in [-0.25, -0.2) is 0 Å². The average molecular weight is 249 g/mol. The summed E-state index contributed by atoms with van der Waals surface area (Å²) in [7, 11) is 1.70. The lowest BCUT2D eigenvalue weighted by Crippen LogP contribution is -2.19. The van der Waals surface area contributed by atoms with E-state index in [4.69, 9.17) is 14.2 Å². The number of nitrogens with one attached hydrogen (secondary N) is 1. The Morgan fingerprint density at radius 1 is 1.28 bits per heavy atom. The molecule has 1 unspecified atom stereocenters. The van der Waals surface area contributed by atoms with E-state index in [1.165, 1.54) is 12.0 Å².